The molecule has 29 heavy (non-hydrogen) atoms. The number of ether oxygens (including phenoxy) is 1. The van der Waals surface area contributed by atoms with E-state index in [9.17, 15) is 19.1 Å². The summed E-state index contributed by atoms with van der Waals surface area (Å²) in [6.45, 7) is 0. The van der Waals surface area contributed by atoms with Gasteiger partial charge in [-0.15, -0.1) is 0 Å². The van der Waals surface area contributed by atoms with E-state index in [4.69, 9.17) is 9.15 Å². The van der Waals surface area contributed by atoms with Gasteiger partial charge in [0, 0.05) is 5.69 Å². The highest BCUT2D eigenvalue weighted by Crippen LogP contribution is 2.42. The van der Waals surface area contributed by atoms with Gasteiger partial charge in [0.2, 0.25) is 5.78 Å². The molecule has 1 N–H and O–H groups in total. The van der Waals surface area contributed by atoms with Crippen LogP contribution in [0.1, 0.15) is 22.2 Å². The molecule has 2 aromatic carbocycles. The monoisotopic (exact) mass is 393 g/mol. The Morgan fingerprint density at radius 3 is 2.55 bits per heavy atom. The molecule has 2 heterocycles. The molecule has 0 spiro atoms. The first-order chi connectivity index (χ1) is 14.0. The predicted octanol–water partition coefficient (Wildman–Crippen LogP) is 4.21. The van der Waals surface area contributed by atoms with E-state index in [2.05, 4.69) is 0 Å². The largest absolute Gasteiger partial charge is 0.503 e. The normalized spacial score (nSPS) is 16.4. The Labute approximate surface area is 165 Å². The highest BCUT2D eigenvalue weighted by molar-refractivity contribution is 6.20. The number of carbonyl (C=O) groups excluding carboxylic acids is 2. The van der Waals surface area contributed by atoms with E-state index in [-0.39, 0.29) is 11.3 Å². The first kappa shape index (κ1) is 18.5. The molecule has 6 nitrogen and oxygen atoms in total. The Kier molecular flexibility index (Phi) is 4.64. The number of benzene rings is 2. The minimum atomic E-state index is -0.944. The zero-order chi connectivity index (χ0) is 20.5. The number of nitrogens with zero attached hydrogens (tertiary/aromatic N) is 1. The average Bonchev–Trinajstić information content (AvgIpc) is 3.36. The number of Topliss-reactive ketones (excluding diaryl/α,β-unsaturated/α-hetero) is 1. The molecule has 0 aliphatic carbocycles. The molecule has 0 bridgehead atoms. The highest BCUT2D eigenvalue weighted by atomic mass is 19.1. The van der Waals surface area contributed by atoms with Gasteiger partial charge in [0.05, 0.1) is 25.0 Å². The van der Waals surface area contributed by atoms with Crippen molar-refractivity contribution >= 4 is 17.4 Å². The molecule has 0 fully saturated rings. The van der Waals surface area contributed by atoms with E-state index in [0.717, 1.165) is 0 Å². The van der Waals surface area contributed by atoms with Crippen LogP contribution >= 0.6 is 0 Å². The van der Waals surface area contributed by atoms with Gasteiger partial charge in [-0.2, -0.15) is 0 Å². The smallest absolute Gasteiger partial charge is 0.294 e. The fourth-order valence-electron chi connectivity index (χ4n) is 3.37. The summed E-state index contributed by atoms with van der Waals surface area (Å²) in [5, 5.41) is 10.6. The Morgan fingerprint density at radius 2 is 1.90 bits per heavy atom. The van der Waals surface area contributed by atoms with Crippen LogP contribution in [-0.2, 0) is 4.79 Å². The van der Waals surface area contributed by atoms with Gasteiger partial charge in [0.1, 0.15) is 11.6 Å². The molecule has 1 amide bonds. The van der Waals surface area contributed by atoms with E-state index in [1.54, 1.807) is 30.3 Å². The lowest BCUT2D eigenvalue weighted by atomic mass is 9.94. The molecule has 0 saturated carbocycles. The summed E-state index contributed by atoms with van der Waals surface area (Å²) in [4.78, 5) is 27.2. The number of methoxy groups -OCH3 is 1. The first-order valence-electron chi connectivity index (χ1n) is 8.75. The molecular formula is C22H16FNO5. The molecule has 146 valence electrons. The van der Waals surface area contributed by atoms with Crippen molar-refractivity contribution in [2.24, 2.45) is 0 Å². The average molecular weight is 393 g/mol. The topological polar surface area (TPSA) is 80.0 Å². The summed E-state index contributed by atoms with van der Waals surface area (Å²) >= 11 is 0. The minimum Gasteiger partial charge on any atom is -0.503 e. The molecule has 1 atom stereocenters. The quantitative estimate of drug-likeness (QED) is 0.657. The number of anilines is 1. The van der Waals surface area contributed by atoms with E-state index >= 15 is 0 Å². The maximum Gasteiger partial charge on any atom is 0.294 e. The van der Waals surface area contributed by atoms with Gasteiger partial charge in [-0.1, -0.05) is 12.1 Å². The molecule has 0 radical (unpaired) electrons. The van der Waals surface area contributed by atoms with Gasteiger partial charge in [-0.05, 0) is 54.1 Å². The van der Waals surface area contributed by atoms with Gasteiger partial charge in [0.25, 0.3) is 5.91 Å². The molecular weight excluding hydrogens is 377 g/mol. The standard InChI is InChI=1S/C22H16FNO5/c1-28-16-5-2-4-13(12-16)19-18(20(25)17-6-3-11-29-17)21(26)22(27)24(19)15-9-7-14(23)8-10-15/h2-12,19,26H,1H3. The van der Waals surface area contributed by atoms with Crippen LogP contribution in [0.15, 0.2) is 82.7 Å². The summed E-state index contributed by atoms with van der Waals surface area (Å²) in [6, 6.07) is 14.1. The minimum absolute atomic E-state index is 0.00629. The second-order valence-electron chi connectivity index (χ2n) is 6.40. The SMILES string of the molecule is COc1cccc(C2C(C(=O)c3ccco3)=C(O)C(=O)N2c2ccc(F)cc2)c1. The highest BCUT2D eigenvalue weighted by Gasteiger charge is 2.45. The second-order valence-corrected chi connectivity index (χ2v) is 6.40. The van der Waals surface area contributed by atoms with Crippen LogP contribution in [0.2, 0.25) is 0 Å². The number of hydrogen-bond donors (Lipinski definition) is 1. The van der Waals surface area contributed by atoms with Gasteiger partial charge >= 0.3 is 0 Å². The van der Waals surface area contributed by atoms with Crippen molar-refractivity contribution in [1.29, 1.82) is 0 Å². The van der Waals surface area contributed by atoms with Crippen LogP contribution in [0.25, 0.3) is 0 Å². The number of aliphatic hydroxyl groups excluding tert-OH is 1. The van der Waals surface area contributed by atoms with Crippen molar-refractivity contribution in [3.05, 3.63) is 95.4 Å². The van der Waals surface area contributed by atoms with E-state index in [1.807, 2.05) is 0 Å². The zero-order valence-electron chi connectivity index (χ0n) is 15.3. The molecule has 1 aliphatic heterocycles. The van der Waals surface area contributed by atoms with Gasteiger partial charge < -0.3 is 14.3 Å². The van der Waals surface area contributed by atoms with Crippen molar-refractivity contribution in [2.45, 2.75) is 6.04 Å². The van der Waals surface area contributed by atoms with Gasteiger partial charge in [-0.3, -0.25) is 14.5 Å². The third kappa shape index (κ3) is 3.16. The fourth-order valence-corrected chi connectivity index (χ4v) is 3.37. The number of ketones is 1. The predicted molar refractivity (Wildman–Crippen MR) is 102 cm³/mol. The maximum atomic E-state index is 13.4. The first-order valence-corrected chi connectivity index (χ1v) is 8.75. The Morgan fingerprint density at radius 1 is 1.14 bits per heavy atom. The summed E-state index contributed by atoms with van der Waals surface area (Å²) in [7, 11) is 1.50. The van der Waals surface area contributed by atoms with Crippen molar-refractivity contribution < 1.29 is 28.2 Å². The number of carbonyl (C=O) groups is 2. The molecule has 1 aromatic heterocycles. The molecule has 0 saturated heterocycles. The number of furan rings is 1. The van der Waals surface area contributed by atoms with Crippen LogP contribution in [-0.4, -0.2) is 23.9 Å². The molecule has 7 heteroatoms. The van der Waals surface area contributed by atoms with Gasteiger partial charge in [0.15, 0.2) is 11.5 Å². The number of halogens is 1. The zero-order valence-corrected chi connectivity index (χ0v) is 15.3. The Balaban J connectivity index is 1.89. The van der Waals surface area contributed by atoms with Crippen LogP contribution in [0.5, 0.6) is 5.75 Å². The van der Waals surface area contributed by atoms with Crippen molar-refractivity contribution in [3.8, 4) is 5.75 Å². The lowest BCUT2D eigenvalue weighted by Crippen LogP contribution is -2.31. The van der Waals surface area contributed by atoms with Crippen molar-refractivity contribution in [2.75, 3.05) is 12.0 Å². The summed E-state index contributed by atoms with van der Waals surface area (Å²) in [6.07, 6.45) is 1.33. The summed E-state index contributed by atoms with van der Waals surface area (Å²) in [5.41, 5.74) is 0.751. The lowest BCUT2D eigenvalue weighted by Gasteiger charge is -2.27. The van der Waals surface area contributed by atoms with Crippen molar-refractivity contribution in [3.63, 3.8) is 0 Å². The molecule has 3 aromatic rings. The van der Waals surface area contributed by atoms with Crippen LogP contribution in [0, 0.1) is 5.82 Å². The summed E-state index contributed by atoms with van der Waals surface area (Å²) in [5.74, 6) is -2.01. The second kappa shape index (κ2) is 7.27. The number of rotatable bonds is 5. The van der Waals surface area contributed by atoms with Crippen LogP contribution in [0.3, 0.4) is 0 Å². The summed E-state index contributed by atoms with van der Waals surface area (Å²) < 4.78 is 23.8. The maximum absolute atomic E-state index is 13.4. The van der Waals surface area contributed by atoms with Crippen LogP contribution < -0.4 is 9.64 Å². The van der Waals surface area contributed by atoms with E-state index < -0.39 is 29.3 Å². The third-order valence-electron chi connectivity index (χ3n) is 4.71. The number of amides is 1. The number of hydrogen-bond acceptors (Lipinski definition) is 5. The van der Waals surface area contributed by atoms with Crippen molar-refractivity contribution in [1.82, 2.24) is 0 Å². The number of aliphatic hydroxyl groups is 1. The van der Waals surface area contributed by atoms with Crippen LogP contribution in [0.4, 0.5) is 10.1 Å². The Hall–Kier alpha value is -3.87. The molecule has 4 rings (SSSR count). The third-order valence-corrected chi connectivity index (χ3v) is 4.71. The van der Waals surface area contributed by atoms with Gasteiger partial charge in [-0.25, -0.2) is 4.39 Å². The molecule has 1 aliphatic rings. The van der Waals surface area contributed by atoms with E-state index in [1.165, 1.54) is 48.6 Å². The molecule has 1 unspecified atom stereocenters. The Bertz CT molecular complexity index is 1100. The fraction of sp³-hybridized carbons (Fsp3) is 0.0909. The van der Waals surface area contributed by atoms with E-state index in [0.29, 0.717) is 17.0 Å². The lowest BCUT2D eigenvalue weighted by molar-refractivity contribution is -0.117.